The number of amides is 2. The molecular weight excluding hydrogens is 350 g/mol. The average Bonchev–Trinajstić information content (AvgIpc) is 2.90. The Morgan fingerprint density at radius 2 is 1.50 bits per heavy atom. The second-order valence-electron chi connectivity index (χ2n) is 8.60. The molecule has 3 N–H and O–H groups in total. The van der Waals surface area contributed by atoms with E-state index in [4.69, 9.17) is 0 Å². The van der Waals surface area contributed by atoms with E-state index in [0.717, 1.165) is 12.8 Å². The van der Waals surface area contributed by atoms with Crippen LogP contribution in [0.3, 0.4) is 0 Å². The van der Waals surface area contributed by atoms with Gasteiger partial charge in [0.15, 0.2) is 0 Å². The van der Waals surface area contributed by atoms with Crippen LogP contribution < -0.4 is 16.0 Å². The van der Waals surface area contributed by atoms with Crippen molar-refractivity contribution in [2.75, 3.05) is 6.54 Å². The highest BCUT2D eigenvalue weighted by atomic mass is 35.5. The minimum absolute atomic E-state index is 0. The van der Waals surface area contributed by atoms with Crippen molar-refractivity contribution >= 4 is 24.2 Å². The van der Waals surface area contributed by atoms with Crippen LogP contribution >= 0.6 is 12.4 Å². The number of carbonyl (C=O) groups is 2. The molecule has 0 spiro atoms. The van der Waals surface area contributed by atoms with Gasteiger partial charge in [-0.15, -0.1) is 12.4 Å². The fraction of sp³-hybridized carbons (Fsp3) is 0.600. The molecule has 2 fully saturated rings. The van der Waals surface area contributed by atoms with Gasteiger partial charge in [0, 0.05) is 35.8 Å². The van der Waals surface area contributed by atoms with Crippen molar-refractivity contribution in [2.45, 2.75) is 64.6 Å². The Labute approximate surface area is 162 Å². The normalized spacial score (nSPS) is 24.5. The molecule has 2 aliphatic heterocycles. The predicted molar refractivity (Wildman–Crippen MR) is 106 cm³/mol. The summed E-state index contributed by atoms with van der Waals surface area (Å²) in [6.45, 7) is 6.85. The van der Waals surface area contributed by atoms with E-state index in [0.29, 0.717) is 29.8 Å². The Bertz CT molecular complexity index is 627. The number of rotatable bonds is 4. The van der Waals surface area contributed by atoms with Gasteiger partial charge in [-0.1, -0.05) is 20.8 Å². The summed E-state index contributed by atoms with van der Waals surface area (Å²) in [7, 11) is 0. The van der Waals surface area contributed by atoms with Gasteiger partial charge in [-0.25, -0.2) is 0 Å². The molecule has 2 bridgehead atoms. The lowest BCUT2D eigenvalue weighted by Gasteiger charge is -2.29. The molecule has 5 nitrogen and oxygen atoms in total. The lowest BCUT2D eigenvalue weighted by Crippen LogP contribution is -2.48. The number of benzene rings is 1. The maximum atomic E-state index is 12.5. The molecule has 1 aromatic rings. The summed E-state index contributed by atoms with van der Waals surface area (Å²) in [5.41, 5.74) is 1.24. The number of fused-ring (bicyclic) bond motifs is 2. The summed E-state index contributed by atoms with van der Waals surface area (Å²) in [5.74, 6) is -0.148. The first-order valence-corrected chi connectivity index (χ1v) is 9.25. The number of carbonyl (C=O) groups excluding carboxylic acids is 2. The SMILES string of the molecule is CC(C)(C)CNC(=O)c1ccc(C(=O)NC2CC3CCC(C2)N3)cc1.Cl. The van der Waals surface area contributed by atoms with E-state index >= 15 is 0 Å². The van der Waals surface area contributed by atoms with Gasteiger partial charge < -0.3 is 16.0 Å². The van der Waals surface area contributed by atoms with E-state index in [2.05, 4.69) is 36.7 Å². The smallest absolute Gasteiger partial charge is 0.251 e. The molecule has 2 amide bonds. The van der Waals surface area contributed by atoms with Gasteiger partial charge >= 0.3 is 0 Å². The van der Waals surface area contributed by atoms with Crippen molar-refractivity contribution in [2.24, 2.45) is 5.41 Å². The predicted octanol–water partition coefficient (Wildman–Crippen LogP) is 2.90. The standard InChI is InChI=1S/C20H29N3O2.ClH/c1-20(2,3)12-21-18(24)13-4-6-14(7-5-13)19(25)23-17-10-15-8-9-16(11-17)22-15;/h4-7,15-17,22H,8-12H2,1-3H3,(H,21,24)(H,23,25);1H. The summed E-state index contributed by atoms with van der Waals surface area (Å²) in [6, 6.07) is 8.27. The fourth-order valence-corrected chi connectivity index (χ4v) is 3.66. The van der Waals surface area contributed by atoms with Gasteiger partial charge in [0.2, 0.25) is 0 Å². The van der Waals surface area contributed by atoms with E-state index in [-0.39, 0.29) is 35.7 Å². The van der Waals surface area contributed by atoms with Gasteiger partial charge in [0.25, 0.3) is 11.8 Å². The number of hydrogen-bond acceptors (Lipinski definition) is 3. The van der Waals surface area contributed by atoms with Crippen molar-refractivity contribution in [1.82, 2.24) is 16.0 Å². The van der Waals surface area contributed by atoms with Crippen molar-refractivity contribution in [3.63, 3.8) is 0 Å². The van der Waals surface area contributed by atoms with Gasteiger partial charge in [-0.2, -0.15) is 0 Å². The third kappa shape index (κ3) is 5.45. The van der Waals surface area contributed by atoms with Crippen molar-refractivity contribution in [3.8, 4) is 0 Å². The zero-order chi connectivity index (χ0) is 18.0. The van der Waals surface area contributed by atoms with Crippen LogP contribution in [0.5, 0.6) is 0 Å². The second-order valence-corrected chi connectivity index (χ2v) is 8.60. The van der Waals surface area contributed by atoms with Crippen LogP contribution in [-0.2, 0) is 0 Å². The average molecular weight is 380 g/mol. The molecule has 26 heavy (non-hydrogen) atoms. The van der Waals surface area contributed by atoms with Crippen LogP contribution in [0.2, 0.25) is 0 Å². The summed E-state index contributed by atoms with van der Waals surface area (Å²) in [5, 5.41) is 9.65. The maximum absolute atomic E-state index is 12.5. The minimum atomic E-state index is -0.100. The monoisotopic (exact) mass is 379 g/mol. The van der Waals surface area contributed by atoms with E-state index in [9.17, 15) is 9.59 Å². The topological polar surface area (TPSA) is 70.2 Å². The van der Waals surface area contributed by atoms with E-state index in [1.165, 1.54) is 12.8 Å². The van der Waals surface area contributed by atoms with Crippen LogP contribution in [0.15, 0.2) is 24.3 Å². The van der Waals surface area contributed by atoms with Crippen molar-refractivity contribution in [3.05, 3.63) is 35.4 Å². The molecule has 1 aromatic carbocycles. The molecule has 2 atom stereocenters. The third-order valence-corrected chi connectivity index (χ3v) is 5.00. The quantitative estimate of drug-likeness (QED) is 0.753. The molecule has 2 heterocycles. The number of halogens is 1. The summed E-state index contributed by atoms with van der Waals surface area (Å²) in [4.78, 5) is 24.6. The first kappa shape index (κ1) is 20.7. The fourth-order valence-electron chi connectivity index (χ4n) is 3.66. The van der Waals surface area contributed by atoms with Crippen LogP contribution in [0.25, 0.3) is 0 Å². The Balaban J connectivity index is 0.00000243. The van der Waals surface area contributed by atoms with Crippen molar-refractivity contribution < 1.29 is 9.59 Å². The van der Waals surface area contributed by atoms with Gasteiger partial charge in [0.1, 0.15) is 0 Å². The van der Waals surface area contributed by atoms with Gasteiger partial charge in [-0.3, -0.25) is 9.59 Å². The summed E-state index contributed by atoms with van der Waals surface area (Å²) < 4.78 is 0. The third-order valence-electron chi connectivity index (χ3n) is 5.00. The van der Waals surface area contributed by atoms with E-state index in [1.807, 2.05) is 0 Å². The lowest BCUT2D eigenvalue weighted by atomic mass is 9.97. The Kier molecular flexibility index (Phi) is 6.69. The zero-order valence-corrected chi connectivity index (χ0v) is 16.6. The Hall–Kier alpha value is -1.59. The van der Waals surface area contributed by atoms with Crippen LogP contribution in [0.1, 0.15) is 67.2 Å². The van der Waals surface area contributed by atoms with Crippen LogP contribution in [0.4, 0.5) is 0 Å². The Morgan fingerprint density at radius 1 is 1.00 bits per heavy atom. The molecule has 2 saturated heterocycles. The first-order valence-electron chi connectivity index (χ1n) is 9.25. The molecule has 2 unspecified atom stereocenters. The molecule has 0 saturated carbocycles. The van der Waals surface area contributed by atoms with Crippen LogP contribution in [0, 0.1) is 5.41 Å². The molecular formula is C20H30ClN3O2. The molecule has 3 rings (SSSR count). The number of piperidine rings is 1. The highest BCUT2D eigenvalue weighted by Gasteiger charge is 2.34. The second kappa shape index (κ2) is 8.40. The Morgan fingerprint density at radius 3 is 2.00 bits per heavy atom. The number of hydrogen-bond donors (Lipinski definition) is 3. The van der Waals surface area contributed by atoms with E-state index < -0.39 is 0 Å². The maximum Gasteiger partial charge on any atom is 0.251 e. The first-order chi connectivity index (χ1) is 11.8. The highest BCUT2D eigenvalue weighted by Crippen LogP contribution is 2.26. The van der Waals surface area contributed by atoms with E-state index in [1.54, 1.807) is 24.3 Å². The zero-order valence-electron chi connectivity index (χ0n) is 15.8. The summed E-state index contributed by atoms with van der Waals surface area (Å²) >= 11 is 0. The highest BCUT2D eigenvalue weighted by molar-refractivity contribution is 5.97. The molecule has 0 aliphatic carbocycles. The number of nitrogens with one attached hydrogen (secondary N) is 3. The summed E-state index contributed by atoms with van der Waals surface area (Å²) in [6.07, 6.45) is 4.45. The molecule has 144 valence electrons. The lowest BCUT2D eigenvalue weighted by molar-refractivity contribution is 0.0917. The van der Waals surface area contributed by atoms with Gasteiger partial charge in [-0.05, 0) is 55.4 Å². The van der Waals surface area contributed by atoms with Crippen LogP contribution in [-0.4, -0.2) is 36.5 Å². The molecule has 0 aromatic heterocycles. The minimum Gasteiger partial charge on any atom is -0.352 e. The largest absolute Gasteiger partial charge is 0.352 e. The van der Waals surface area contributed by atoms with Crippen molar-refractivity contribution in [1.29, 1.82) is 0 Å². The molecule has 6 heteroatoms. The molecule has 0 radical (unpaired) electrons. The molecule has 2 aliphatic rings. The van der Waals surface area contributed by atoms with Gasteiger partial charge in [0.05, 0.1) is 0 Å².